The van der Waals surface area contributed by atoms with Gasteiger partial charge in [-0.05, 0) is 30.5 Å². The number of benzene rings is 1. The molecular formula is C20H24ClFN4O2. The zero-order chi connectivity index (χ0) is 19.8. The standard InChI is InChI=1S/C20H24ClFN4O2/c1-12-19(21)17(24-23-12)10-25-7-14-8-26(18(27)11-28-2)20(16(14)9-25)13-4-3-5-15(22)6-13/h3-6,14,16,20H,7-11H2,1-2H3,(H,23,24)/t14-,16-,20+/m1/s1. The number of carbonyl (C=O) groups is 1. The number of hydrogen-bond acceptors (Lipinski definition) is 4. The molecule has 2 aliphatic heterocycles. The van der Waals surface area contributed by atoms with Crippen molar-refractivity contribution in [1.82, 2.24) is 20.0 Å². The number of H-pyrrole nitrogens is 1. The second-order valence-corrected chi connectivity index (χ2v) is 8.08. The Kier molecular flexibility index (Phi) is 5.40. The van der Waals surface area contributed by atoms with Crippen LogP contribution in [0.3, 0.4) is 0 Å². The Hall–Kier alpha value is -1.96. The molecule has 1 N–H and O–H groups in total. The van der Waals surface area contributed by atoms with Crippen LogP contribution >= 0.6 is 11.6 Å². The number of likely N-dealkylation sites (tertiary alicyclic amines) is 2. The molecule has 3 heterocycles. The summed E-state index contributed by atoms with van der Waals surface area (Å²) in [6, 6.07) is 6.43. The number of aromatic nitrogens is 2. The van der Waals surface area contributed by atoms with Gasteiger partial charge >= 0.3 is 0 Å². The number of aromatic amines is 1. The molecule has 3 atom stereocenters. The summed E-state index contributed by atoms with van der Waals surface area (Å²) in [4.78, 5) is 16.8. The smallest absolute Gasteiger partial charge is 0.249 e. The van der Waals surface area contributed by atoms with Gasteiger partial charge in [0.05, 0.1) is 22.5 Å². The molecule has 2 aliphatic rings. The Morgan fingerprint density at radius 3 is 2.89 bits per heavy atom. The van der Waals surface area contributed by atoms with Crippen LogP contribution in [-0.4, -0.2) is 59.3 Å². The van der Waals surface area contributed by atoms with Gasteiger partial charge in [-0.15, -0.1) is 0 Å². The van der Waals surface area contributed by atoms with Crippen LogP contribution in [0.15, 0.2) is 24.3 Å². The van der Waals surface area contributed by atoms with E-state index in [4.69, 9.17) is 16.3 Å². The van der Waals surface area contributed by atoms with Crippen molar-refractivity contribution in [2.45, 2.75) is 19.5 Å². The molecule has 2 aromatic rings. The molecule has 2 fully saturated rings. The molecule has 0 saturated carbocycles. The Bertz CT molecular complexity index is 874. The third kappa shape index (κ3) is 3.54. The van der Waals surface area contributed by atoms with Crippen LogP contribution in [0, 0.1) is 24.6 Å². The largest absolute Gasteiger partial charge is 0.375 e. The summed E-state index contributed by atoms with van der Waals surface area (Å²) in [5, 5.41) is 7.90. The summed E-state index contributed by atoms with van der Waals surface area (Å²) in [6.45, 7) is 4.92. The van der Waals surface area contributed by atoms with Crippen molar-refractivity contribution >= 4 is 17.5 Å². The molecule has 0 radical (unpaired) electrons. The molecule has 6 nitrogen and oxygen atoms in total. The maximum Gasteiger partial charge on any atom is 0.249 e. The zero-order valence-corrected chi connectivity index (χ0v) is 16.7. The number of aryl methyl sites for hydroxylation is 1. The van der Waals surface area contributed by atoms with E-state index in [1.54, 1.807) is 6.07 Å². The summed E-state index contributed by atoms with van der Waals surface area (Å²) in [5.41, 5.74) is 2.55. The number of rotatable bonds is 5. The van der Waals surface area contributed by atoms with Crippen LogP contribution in [0.5, 0.6) is 0 Å². The van der Waals surface area contributed by atoms with Crippen LogP contribution in [0.25, 0.3) is 0 Å². The molecule has 0 spiro atoms. The first-order chi connectivity index (χ1) is 13.5. The number of methoxy groups -OCH3 is 1. The normalized spacial score (nSPS) is 24.7. The molecule has 28 heavy (non-hydrogen) atoms. The quantitative estimate of drug-likeness (QED) is 0.829. The molecule has 1 aromatic heterocycles. The van der Waals surface area contributed by atoms with Crippen LogP contribution in [0.4, 0.5) is 4.39 Å². The molecule has 0 unspecified atom stereocenters. The van der Waals surface area contributed by atoms with E-state index in [0.717, 1.165) is 30.0 Å². The number of halogens is 2. The predicted octanol–water partition coefficient (Wildman–Crippen LogP) is 2.79. The highest BCUT2D eigenvalue weighted by Gasteiger charge is 2.49. The number of amides is 1. The van der Waals surface area contributed by atoms with E-state index in [-0.39, 0.29) is 30.3 Å². The van der Waals surface area contributed by atoms with Gasteiger partial charge in [-0.25, -0.2) is 4.39 Å². The molecular weight excluding hydrogens is 383 g/mol. The number of fused-ring (bicyclic) bond motifs is 1. The second-order valence-electron chi connectivity index (χ2n) is 7.71. The molecule has 1 amide bonds. The number of ether oxygens (including phenoxy) is 1. The number of nitrogens with one attached hydrogen (secondary N) is 1. The summed E-state index contributed by atoms with van der Waals surface area (Å²) >= 11 is 6.32. The van der Waals surface area contributed by atoms with Crippen LogP contribution in [-0.2, 0) is 16.1 Å². The van der Waals surface area contributed by atoms with Gasteiger partial charge < -0.3 is 9.64 Å². The van der Waals surface area contributed by atoms with Crippen molar-refractivity contribution in [3.63, 3.8) is 0 Å². The monoisotopic (exact) mass is 406 g/mol. The van der Waals surface area contributed by atoms with E-state index in [9.17, 15) is 9.18 Å². The van der Waals surface area contributed by atoms with Crippen LogP contribution in [0.2, 0.25) is 5.02 Å². The fourth-order valence-corrected chi connectivity index (χ4v) is 4.77. The topological polar surface area (TPSA) is 61.5 Å². The second kappa shape index (κ2) is 7.81. The highest BCUT2D eigenvalue weighted by Crippen LogP contribution is 2.45. The van der Waals surface area contributed by atoms with Gasteiger partial charge in [0.15, 0.2) is 0 Å². The molecule has 8 heteroatoms. The van der Waals surface area contributed by atoms with E-state index in [2.05, 4.69) is 15.1 Å². The third-order valence-electron chi connectivity index (χ3n) is 5.83. The van der Waals surface area contributed by atoms with E-state index in [1.165, 1.54) is 19.2 Å². The fraction of sp³-hybridized carbons (Fsp3) is 0.500. The van der Waals surface area contributed by atoms with Crippen molar-refractivity contribution < 1.29 is 13.9 Å². The molecule has 1 aromatic carbocycles. The van der Waals surface area contributed by atoms with Crippen molar-refractivity contribution in [3.8, 4) is 0 Å². The summed E-state index contributed by atoms with van der Waals surface area (Å²) in [5.74, 6) is 0.228. The molecule has 0 bridgehead atoms. The minimum Gasteiger partial charge on any atom is -0.375 e. The lowest BCUT2D eigenvalue weighted by molar-refractivity contribution is -0.136. The van der Waals surface area contributed by atoms with Crippen molar-refractivity contribution in [3.05, 3.63) is 52.1 Å². The number of carbonyl (C=O) groups excluding carboxylic acids is 1. The van der Waals surface area contributed by atoms with Gasteiger partial charge in [-0.2, -0.15) is 5.10 Å². The minimum absolute atomic E-state index is 0.0388. The molecule has 150 valence electrons. The third-order valence-corrected chi connectivity index (χ3v) is 6.33. The van der Waals surface area contributed by atoms with Gasteiger partial charge in [0.25, 0.3) is 0 Å². The first kappa shape index (κ1) is 19.4. The van der Waals surface area contributed by atoms with E-state index < -0.39 is 0 Å². The van der Waals surface area contributed by atoms with Crippen molar-refractivity contribution in [1.29, 1.82) is 0 Å². The van der Waals surface area contributed by atoms with E-state index in [0.29, 0.717) is 24.0 Å². The average Bonchev–Trinajstić information content (AvgIpc) is 3.30. The van der Waals surface area contributed by atoms with Gasteiger partial charge in [-0.3, -0.25) is 14.8 Å². The lowest BCUT2D eigenvalue weighted by atomic mass is 9.89. The first-order valence-corrected chi connectivity index (χ1v) is 9.81. The molecule has 0 aliphatic carbocycles. The van der Waals surface area contributed by atoms with Crippen molar-refractivity contribution in [2.75, 3.05) is 33.4 Å². The molecule has 2 saturated heterocycles. The van der Waals surface area contributed by atoms with E-state index >= 15 is 0 Å². The lowest BCUT2D eigenvalue weighted by Crippen LogP contribution is -2.37. The molecule has 4 rings (SSSR count). The SMILES string of the molecule is COCC(=O)N1C[C@H]2CN(Cc3n[nH]c(C)c3Cl)C[C@H]2[C@@H]1c1cccc(F)c1. The zero-order valence-electron chi connectivity index (χ0n) is 16.0. The fourth-order valence-electron chi connectivity index (χ4n) is 4.63. The average molecular weight is 407 g/mol. The Balaban J connectivity index is 1.56. The number of hydrogen-bond donors (Lipinski definition) is 1. The van der Waals surface area contributed by atoms with Crippen LogP contribution < -0.4 is 0 Å². The van der Waals surface area contributed by atoms with Gasteiger partial charge in [0.1, 0.15) is 12.4 Å². The number of nitrogens with zero attached hydrogens (tertiary/aromatic N) is 3. The summed E-state index contributed by atoms with van der Waals surface area (Å²) in [6.07, 6.45) is 0. The Labute approximate surface area is 168 Å². The summed E-state index contributed by atoms with van der Waals surface area (Å²) in [7, 11) is 1.52. The van der Waals surface area contributed by atoms with Crippen molar-refractivity contribution in [2.24, 2.45) is 11.8 Å². The maximum atomic E-state index is 13.9. The van der Waals surface area contributed by atoms with Gasteiger partial charge in [-0.1, -0.05) is 23.7 Å². The minimum atomic E-state index is -0.284. The van der Waals surface area contributed by atoms with Gasteiger partial charge in [0.2, 0.25) is 5.91 Å². The van der Waals surface area contributed by atoms with E-state index in [1.807, 2.05) is 17.9 Å². The lowest BCUT2D eigenvalue weighted by Gasteiger charge is -2.29. The van der Waals surface area contributed by atoms with Crippen LogP contribution in [0.1, 0.15) is 23.0 Å². The predicted molar refractivity (Wildman–Crippen MR) is 103 cm³/mol. The maximum absolute atomic E-state index is 13.9. The highest BCUT2D eigenvalue weighted by molar-refractivity contribution is 6.31. The Morgan fingerprint density at radius 1 is 1.39 bits per heavy atom. The summed E-state index contributed by atoms with van der Waals surface area (Å²) < 4.78 is 18.9. The van der Waals surface area contributed by atoms with Gasteiger partial charge in [0, 0.05) is 39.2 Å². The highest BCUT2D eigenvalue weighted by atomic mass is 35.5. The first-order valence-electron chi connectivity index (χ1n) is 9.43. The Morgan fingerprint density at radius 2 is 2.21 bits per heavy atom.